The van der Waals surface area contributed by atoms with Crippen LogP contribution in [0.25, 0.3) is 5.70 Å². The van der Waals surface area contributed by atoms with E-state index in [4.69, 9.17) is 10.5 Å². The Labute approximate surface area is 87.1 Å². The Morgan fingerprint density at radius 2 is 2.33 bits per heavy atom. The molecule has 0 spiro atoms. The van der Waals surface area contributed by atoms with E-state index in [0.717, 1.165) is 5.56 Å². The molecule has 1 aliphatic rings. The molecule has 0 saturated carbocycles. The maximum Gasteiger partial charge on any atom is 0.202 e. The molecule has 0 fully saturated rings. The van der Waals surface area contributed by atoms with E-state index in [1.165, 1.54) is 12.1 Å². The minimum atomic E-state index is -0.274. The minimum absolute atomic E-state index is 0.257. The summed E-state index contributed by atoms with van der Waals surface area (Å²) < 4.78 is 18.1. The highest BCUT2D eigenvalue weighted by atomic mass is 19.1. The van der Waals surface area contributed by atoms with E-state index in [1.54, 1.807) is 18.2 Å². The molecule has 0 aromatic heterocycles. The van der Waals surface area contributed by atoms with Gasteiger partial charge in [0.1, 0.15) is 12.4 Å². The fourth-order valence-electron chi connectivity index (χ4n) is 1.36. The molecule has 0 atom stereocenters. The van der Waals surface area contributed by atoms with Crippen LogP contribution in [0.4, 0.5) is 4.39 Å². The molecule has 2 N–H and O–H groups in total. The molecule has 3 nitrogen and oxygen atoms in total. The summed E-state index contributed by atoms with van der Waals surface area (Å²) in [5.74, 6) is 0.209. The van der Waals surface area contributed by atoms with Crippen LogP contribution in [0.2, 0.25) is 0 Å². The maximum atomic E-state index is 13.0. The monoisotopic (exact) mass is 206 g/mol. The topological polar surface area (TPSA) is 47.6 Å². The normalized spacial score (nSPS) is 15.3. The first kappa shape index (κ1) is 9.86. The second-order valence-corrected chi connectivity index (χ2v) is 3.12. The van der Waals surface area contributed by atoms with Crippen LogP contribution in [0.15, 0.2) is 35.3 Å². The standard InChI is InChI=1S/C11H11FN2O/c12-9-3-1-2-8(6-9)10-4-5-15-11(7-13)14-10/h1-4,6H,5,7,13H2. The molecule has 0 aliphatic carbocycles. The molecule has 0 amide bonds. The van der Waals surface area contributed by atoms with Gasteiger partial charge in [-0.2, -0.15) is 0 Å². The third kappa shape index (κ3) is 2.22. The summed E-state index contributed by atoms with van der Waals surface area (Å²) in [6.07, 6.45) is 1.80. The maximum absolute atomic E-state index is 13.0. The van der Waals surface area contributed by atoms with Gasteiger partial charge in [0.25, 0.3) is 0 Å². The van der Waals surface area contributed by atoms with Gasteiger partial charge in [-0.15, -0.1) is 0 Å². The fourth-order valence-corrected chi connectivity index (χ4v) is 1.36. The van der Waals surface area contributed by atoms with Gasteiger partial charge in [0, 0.05) is 5.56 Å². The predicted molar refractivity (Wildman–Crippen MR) is 56.8 cm³/mol. The lowest BCUT2D eigenvalue weighted by Gasteiger charge is -2.13. The average molecular weight is 206 g/mol. The number of nitrogens with zero attached hydrogens (tertiary/aromatic N) is 1. The van der Waals surface area contributed by atoms with E-state index in [9.17, 15) is 4.39 Å². The number of nitrogens with two attached hydrogens (primary N) is 1. The number of halogens is 1. The van der Waals surface area contributed by atoms with E-state index >= 15 is 0 Å². The molecule has 1 aromatic rings. The van der Waals surface area contributed by atoms with Crippen LogP contribution in [0.5, 0.6) is 0 Å². The van der Waals surface area contributed by atoms with Crippen molar-refractivity contribution in [3.63, 3.8) is 0 Å². The summed E-state index contributed by atoms with van der Waals surface area (Å²) >= 11 is 0. The van der Waals surface area contributed by atoms with Crippen LogP contribution >= 0.6 is 0 Å². The molecule has 78 valence electrons. The summed E-state index contributed by atoms with van der Waals surface area (Å²) in [5, 5.41) is 0. The van der Waals surface area contributed by atoms with Crippen LogP contribution < -0.4 is 5.73 Å². The SMILES string of the molecule is NCC1=NC(c2cccc(F)c2)=CCO1. The van der Waals surface area contributed by atoms with Crippen LogP contribution in [-0.4, -0.2) is 19.0 Å². The first-order valence-electron chi connectivity index (χ1n) is 4.66. The van der Waals surface area contributed by atoms with Crippen LogP contribution in [-0.2, 0) is 4.74 Å². The lowest BCUT2D eigenvalue weighted by Crippen LogP contribution is -2.19. The molecule has 15 heavy (non-hydrogen) atoms. The quantitative estimate of drug-likeness (QED) is 0.798. The summed E-state index contributed by atoms with van der Waals surface area (Å²) in [6, 6.07) is 6.29. The summed E-state index contributed by atoms with van der Waals surface area (Å²) in [4.78, 5) is 4.18. The van der Waals surface area contributed by atoms with Crippen molar-refractivity contribution in [1.82, 2.24) is 0 Å². The molecule has 0 bridgehead atoms. The van der Waals surface area contributed by atoms with Gasteiger partial charge in [0.15, 0.2) is 0 Å². The third-order valence-electron chi connectivity index (χ3n) is 2.07. The van der Waals surface area contributed by atoms with E-state index in [-0.39, 0.29) is 12.4 Å². The third-order valence-corrected chi connectivity index (χ3v) is 2.07. The Bertz CT molecular complexity index is 426. The Kier molecular flexibility index (Phi) is 2.78. The van der Waals surface area contributed by atoms with Crippen molar-refractivity contribution in [2.75, 3.05) is 13.2 Å². The van der Waals surface area contributed by atoms with Crippen molar-refractivity contribution in [2.24, 2.45) is 10.7 Å². The largest absolute Gasteiger partial charge is 0.475 e. The highest BCUT2D eigenvalue weighted by Crippen LogP contribution is 2.19. The van der Waals surface area contributed by atoms with Gasteiger partial charge in [-0.25, -0.2) is 9.38 Å². The molecule has 1 aromatic carbocycles. The molecule has 1 heterocycles. The molecule has 0 saturated heterocycles. The first-order valence-corrected chi connectivity index (χ1v) is 4.66. The van der Waals surface area contributed by atoms with Gasteiger partial charge in [-0.1, -0.05) is 12.1 Å². The van der Waals surface area contributed by atoms with Gasteiger partial charge in [0.05, 0.1) is 12.2 Å². The highest BCUT2D eigenvalue weighted by Gasteiger charge is 2.08. The van der Waals surface area contributed by atoms with E-state index in [1.807, 2.05) is 0 Å². The fraction of sp³-hybridized carbons (Fsp3) is 0.182. The van der Waals surface area contributed by atoms with Crippen molar-refractivity contribution in [3.05, 3.63) is 41.7 Å². The molecule has 0 radical (unpaired) electrons. The molecular formula is C11H11FN2O. The van der Waals surface area contributed by atoms with Crippen molar-refractivity contribution in [1.29, 1.82) is 0 Å². The van der Waals surface area contributed by atoms with Gasteiger partial charge in [-0.05, 0) is 18.2 Å². The number of hydrogen-bond donors (Lipinski definition) is 1. The summed E-state index contributed by atoms with van der Waals surface area (Å²) in [7, 11) is 0. The Balaban J connectivity index is 2.32. The Morgan fingerprint density at radius 3 is 3.07 bits per heavy atom. The van der Waals surface area contributed by atoms with Gasteiger partial charge >= 0.3 is 0 Å². The predicted octanol–water partition coefficient (Wildman–Crippen LogP) is 1.55. The zero-order chi connectivity index (χ0) is 10.7. The Hall–Kier alpha value is -1.68. The number of hydrogen-bond acceptors (Lipinski definition) is 3. The second kappa shape index (κ2) is 4.23. The second-order valence-electron chi connectivity index (χ2n) is 3.12. The van der Waals surface area contributed by atoms with Crippen LogP contribution in [0, 0.1) is 5.82 Å². The lowest BCUT2D eigenvalue weighted by atomic mass is 10.1. The smallest absolute Gasteiger partial charge is 0.202 e. The molecule has 2 rings (SSSR count). The number of aliphatic imine (C=N–C) groups is 1. The van der Waals surface area contributed by atoms with E-state index in [0.29, 0.717) is 18.2 Å². The van der Waals surface area contributed by atoms with Crippen molar-refractivity contribution in [3.8, 4) is 0 Å². The van der Waals surface area contributed by atoms with Gasteiger partial charge in [0.2, 0.25) is 5.90 Å². The number of ether oxygens (including phenoxy) is 1. The zero-order valence-corrected chi connectivity index (χ0v) is 8.11. The van der Waals surface area contributed by atoms with Crippen molar-refractivity contribution in [2.45, 2.75) is 0 Å². The van der Waals surface area contributed by atoms with Gasteiger partial charge < -0.3 is 10.5 Å². The van der Waals surface area contributed by atoms with Crippen molar-refractivity contribution >= 4 is 11.6 Å². The molecule has 1 aliphatic heterocycles. The van der Waals surface area contributed by atoms with Crippen molar-refractivity contribution < 1.29 is 9.13 Å². The average Bonchev–Trinajstić information content (AvgIpc) is 2.29. The zero-order valence-electron chi connectivity index (χ0n) is 8.11. The number of benzene rings is 1. The lowest BCUT2D eigenvalue weighted by molar-refractivity contribution is 0.340. The van der Waals surface area contributed by atoms with Gasteiger partial charge in [-0.3, -0.25) is 0 Å². The molecule has 0 unspecified atom stereocenters. The first-order chi connectivity index (χ1) is 7.29. The highest BCUT2D eigenvalue weighted by molar-refractivity contribution is 5.86. The van der Waals surface area contributed by atoms with E-state index in [2.05, 4.69) is 4.99 Å². The molecule has 4 heteroatoms. The summed E-state index contributed by atoms with van der Waals surface area (Å²) in [5.41, 5.74) is 6.87. The summed E-state index contributed by atoms with van der Waals surface area (Å²) in [6.45, 7) is 0.689. The Morgan fingerprint density at radius 1 is 1.47 bits per heavy atom. The van der Waals surface area contributed by atoms with Crippen LogP contribution in [0.3, 0.4) is 0 Å². The molecular weight excluding hydrogens is 195 g/mol. The van der Waals surface area contributed by atoms with Crippen LogP contribution in [0.1, 0.15) is 5.56 Å². The minimum Gasteiger partial charge on any atom is -0.475 e. The van der Waals surface area contributed by atoms with E-state index < -0.39 is 0 Å². The number of rotatable bonds is 2.